The molecule has 0 saturated heterocycles. The number of hydrogen-bond donors (Lipinski definition) is 1. The molecular weight excluding hydrogens is 262 g/mol. The van der Waals surface area contributed by atoms with Gasteiger partial charge in [0.15, 0.2) is 11.5 Å². The Hall–Kier alpha value is -1.22. The highest BCUT2D eigenvalue weighted by Crippen LogP contribution is 2.28. The third-order valence-corrected chi connectivity index (χ3v) is 3.55. The van der Waals surface area contributed by atoms with Gasteiger partial charge in [0.1, 0.15) is 0 Å². The zero-order valence-electron chi connectivity index (χ0n) is 13.7. The van der Waals surface area contributed by atoms with Gasteiger partial charge in [0.2, 0.25) is 0 Å². The van der Waals surface area contributed by atoms with Crippen molar-refractivity contribution in [1.29, 1.82) is 0 Å². The molecule has 2 N–H and O–H groups in total. The Labute approximate surface area is 129 Å². The number of nitrogens with two attached hydrogens (primary N) is 1. The van der Waals surface area contributed by atoms with Crippen LogP contribution in [-0.2, 0) is 6.54 Å². The second-order valence-electron chi connectivity index (χ2n) is 5.39. The standard InChI is InChI=1S/C18H31NO2/c1-3-5-6-7-8-9-10-13-21-17-12-11-16(15-19)14-18(17)20-4-2/h11-12,14H,3-10,13,15,19H2,1-2H3. The molecule has 21 heavy (non-hydrogen) atoms. The summed E-state index contributed by atoms with van der Waals surface area (Å²) in [7, 11) is 0. The number of hydrogen-bond acceptors (Lipinski definition) is 3. The average molecular weight is 293 g/mol. The van der Waals surface area contributed by atoms with E-state index in [1.54, 1.807) is 0 Å². The summed E-state index contributed by atoms with van der Waals surface area (Å²) in [6.45, 7) is 6.16. The molecule has 0 unspecified atom stereocenters. The van der Waals surface area contributed by atoms with Gasteiger partial charge in [0.25, 0.3) is 0 Å². The summed E-state index contributed by atoms with van der Waals surface area (Å²) in [4.78, 5) is 0. The first-order valence-electron chi connectivity index (χ1n) is 8.40. The van der Waals surface area contributed by atoms with Gasteiger partial charge >= 0.3 is 0 Å². The predicted molar refractivity (Wildman–Crippen MR) is 89.0 cm³/mol. The number of rotatable bonds is 12. The van der Waals surface area contributed by atoms with E-state index in [0.717, 1.165) is 30.1 Å². The van der Waals surface area contributed by atoms with E-state index in [9.17, 15) is 0 Å². The average Bonchev–Trinajstić information content (AvgIpc) is 2.51. The zero-order chi connectivity index (χ0) is 15.3. The smallest absolute Gasteiger partial charge is 0.161 e. The van der Waals surface area contributed by atoms with Crippen molar-refractivity contribution in [2.24, 2.45) is 5.73 Å². The molecule has 0 saturated carbocycles. The molecule has 1 rings (SSSR count). The van der Waals surface area contributed by atoms with Gasteiger partial charge in [-0.25, -0.2) is 0 Å². The van der Waals surface area contributed by atoms with E-state index in [-0.39, 0.29) is 0 Å². The Bertz CT molecular complexity index is 379. The lowest BCUT2D eigenvalue weighted by atomic mass is 10.1. The summed E-state index contributed by atoms with van der Waals surface area (Å²) < 4.78 is 11.5. The summed E-state index contributed by atoms with van der Waals surface area (Å²) >= 11 is 0. The lowest BCUT2D eigenvalue weighted by molar-refractivity contribution is 0.270. The molecule has 0 bridgehead atoms. The first-order valence-corrected chi connectivity index (χ1v) is 8.40. The molecule has 0 aliphatic rings. The summed E-state index contributed by atoms with van der Waals surface area (Å²) in [5.74, 6) is 1.64. The van der Waals surface area contributed by atoms with Crippen LogP contribution in [0.5, 0.6) is 11.5 Å². The van der Waals surface area contributed by atoms with Gasteiger partial charge in [-0.2, -0.15) is 0 Å². The SMILES string of the molecule is CCCCCCCCCOc1ccc(CN)cc1OCC. The van der Waals surface area contributed by atoms with E-state index in [1.165, 1.54) is 38.5 Å². The second-order valence-corrected chi connectivity index (χ2v) is 5.39. The second kappa shape index (κ2) is 11.4. The van der Waals surface area contributed by atoms with E-state index in [2.05, 4.69) is 6.92 Å². The van der Waals surface area contributed by atoms with Crippen LogP contribution in [0, 0.1) is 0 Å². The minimum absolute atomic E-state index is 0.526. The summed E-state index contributed by atoms with van der Waals surface area (Å²) in [5.41, 5.74) is 6.73. The number of unbranched alkanes of at least 4 members (excludes halogenated alkanes) is 6. The number of benzene rings is 1. The molecule has 0 aromatic heterocycles. The third-order valence-electron chi connectivity index (χ3n) is 3.55. The van der Waals surface area contributed by atoms with Crippen LogP contribution in [0.25, 0.3) is 0 Å². The fourth-order valence-corrected chi connectivity index (χ4v) is 2.31. The maximum absolute atomic E-state index is 5.85. The van der Waals surface area contributed by atoms with Gasteiger partial charge in [-0.05, 0) is 31.0 Å². The Morgan fingerprint density at radius 1 is 0.857 bits per heavy atom. The first-order chi connectivity index (χ1) is 10.3. The van der Waals surface area contributed by atoms with Crippen molar-refractivity contribution < 1.29 is 9.47 Å². The van der Waals surface area contributed by atoms with Gasteiger partial charge < -0.3 is 15.2 Å². The van der Waals surface area contributed by atoms with Crippen LogP contribution < -0.4 is 15.2 Å². The molecular formula is C18H31NO2. The summed E-state index contributed by atoms with van der Waals surface area (Å²) in [6.07, 6.45) is 9.05. The normalized spacial score (nSPS) is 10.6. The van der Waals surface area contributed by atoms with Crippen molar-refractivity contribution in [1.82, 2.24) is 0 Å². The Morgan fingerprint density at radius 2 is 1.57 bits per heavy atom. The van der Waals surface area contributed by atoms with Crippen molar-refractivity contribution in [2.45, 2.75) is 65.3 Å². The van der Waals surface area contributed by atoms with Gasteiger partial charge in [0, 0.05) is 6.54 Å². The molecule has 0 radical (unpaired) electrons. The van der Waals surface area contributed by atoms with Crippen LogP contribution in [0.15, 0.2) is 18.2 Å². The lowest BCUT2D eigenvalue weighted by Crippen LogP contribution is -2.03. The monoisotopic (exact) mass is 293 g/mol. The highest BCUT2D eigenvalue weighted by molar-refractivity contribution is 5.43. The molecule has 3 nitrogen and oxygen atoms in total. The minimum atomic E-state index is 0.526. The first kappa shape index (κ1) is 17.8. The van der Waals surface area contributed by atoms with Crippen LogP contribution in [0.3, 0.4) is 0 Å². The topological polar surface area (TPSA) is 44.5 Å². The Kier molecular flexibility index (Phi) is 9.71. The minimum Gasteiger partial charge on any atom is -0.490 e. The van der Waals surface area contributed by atoms with Crippen molar-refractivity contribution in [3.05, 3.63) is 23.8 Å². The molecule has 3 heteroatoms. The van der Waals surface area contributed by atoms with E-state index < -0.39 is 0 Å². The molecule has 0 aliphatic carbocycles. The van der Waals surface area contributed by atoms with Crippen molar-refractivity contribution in [3.63, 3.8) is 0 Å². The van der Waals surface area contributed by atoms with Gasteiger partial charge in [-0.1, -0.05) is 51.5 Å². The molecule has 120 valence electrons. The third kappa shape index (κ3) is 7.37. The van der Waals surface area contributed by atoms with E-state index >= 15 is 0 Å². The zero-order valence-corrected chi connectivity index (χ0v) is 13.7. The molecule has 0 spiro atoms. The molecule has 0 atom stereocenters. The van der Waals surface area contributed by atoms with Crippen LogP contribution in [0.4, 0.5) is 0 Å². The maximum atomic E-state index is 5.85. The van der Waals surface area contributed by atoms with Crippen molar-refractivity contribution >= 4 is 0 Å². The van der Waals surface area contributed by atoms with E-state index in [1.807, 2.05) is 25.1 Å². The highest BCUT2D eigenvalue weighted by Gasteiger charge is 2.05. The van der Waals surface area contributed by atoms with Crippen LogP contribution in [0.1, 0.15) is 64.4 Å². The largest absolute Gasteiger partial charge is 0.490 e. The molecule has 1 aromatic rings. The van der Waals surface area contributed by atoms with E-state index in [4.69, 9.17) is 15.2 Å². The van der Waals surface area contributed by atoms with E-state index in [0.29, 0.717) is 13.2 Å². The maximum Gasteiger partial charge on any atom is 0.161 e. The molecule has 1 aromatic carbocycles. The molecule has 0 amide bonds. The van der Waals surface area contributed by atoms with Crippen LogP contribution >= 0.6 is 0 Å². The van der Waals surface area contributed by atoms with Crippen LogP contribution in [0.2, 0.25) is 0 Å². The predicted octanol–water partition coefficient (Wildman–Crippen LogP) is 4.67. The molecule has 0 fully saturated rings. The fraction of sp³-hybridized carbons (Fsp3) is 0.667. The van der Waals surface area contributed by atoms with Crippen molar-refractivity contribution in [2.75, 3.05) is 13.2 Å². The number of ether oxygens (including phenoxy) is 2. The van der Waals surface area contributed by atoms with Crippen molar-refractivity contribution in [3.8, 4) is 11.5 Å². The Morgan fingerprint density at radius 3 is 2.24 bits per heavy atom. The lowest BCUT2D eigenvalue weighted by Gasteiger charge is -2.13. The van der Waals surface area contributed by atoms with Gasteiger partial charge in [0.05, 0.1) is 13.2 Å². The summed E-state index contributed by atoms with van der Waals surface area (Å²) in [5, 5.41) is 0. The molecule has 0 aliphatic heterocycles. The van der Waals surface area contributed by atoms with Gasteiger partial charge in [-0.3, -0.25) is 0 Å². The van der Waals surface area contributed by atoms with Gasteiger partial charge in [-0.15, -0.1) is 0 Å². The highest BCUT2D eigenvalue weighted by atomic mass is 16.5. The van der Waals surface area contributed by atoms with Crippen LogP contribution in [-0.4, -0.2) is 13.2 Å². The summed E-state index contributed by atoms with van der Waals surface area (Å²) in [6, 6.07) is 5.95. The molecule has 0 heterocycles. The fourth-order valence-electron chi connectivity index (χ4n) is 2.31. The quantitative estimate of drug-likeness (QED) is 0.569. The Balaban J connectivity index is 2.27.